The van der Waals surface area contributed by atoms with Gasteiger partial charge in [-0.1, -0.05) is 0 Å². The van der Waals surface area contributed by atoms with E-state index in [2.05, 4.69) is 11.9 Å². The highest BCUT2D eigenvalue weighted by Gasteiger charge is 2.22. The van der Waals surface area contributed by atoms with Crippen LogP contribution in [0.5, 0.6) is 0 Å². The minimum atomic E-state index is -0.920. The zero-order valence-corrected chi connectivity index (χ0v) is 10.9. The van der Waals surface area contributed by atoms with Crippen molar-refractivity contribution in [3.63, 3.8) is 0 Å². The largest absolute Gasteiger partial charge is 0.478 e. The number of nitrogens with zero attached hydrogens (tertiary/aromatic N) is 1. The lowest BCUT2D eigenvalue weighted by molar-refractivity contribution is 0.0695. The van der Waals surface area contributed by atoms with Crippen LogP contribution in [-0.4, -0.2) is 40.6 Å². The molecule has 1 atom stereocenters. The van der Waals surface area contributed by atoms with E-state index in [4.69, 9.17) is 9.52 Å². The molecule has 94 valence electrons. The highest BCUT2D eigenvalue weighted by atomic mass is 32.2. The average molecular weight is 255 g/mol. The van der Waals surface area contributed by atoms with Crippen molar-refractivity contribution in [3.05, 3.63) is 23.2 Å². The van der Waals surface area contributed by atoms with E-state index >= 15 is 0 Å². The molecule has 0 radical (unpaired) electrons. The van der Waals surface area contributed by atoms with Gasteiger partial charge in [-0.2, -0.15) is 11.8 Å². The quantitative estimate of drug-likeness (QED) is 0.894. The number of hydrogen-bond acceptors (Lipinski definition) is 4. The first-order valence-electron chi connectivity index (χ1n) is 5.68. The van der Waals surface area contributed by atoms with Crippen LogP contribution in [0.25, 0.3) is 0 Å². The van der Waals surface area contributed by atoms with E-state index in [9.17, 15) is 4.79 Å². The van der Waals surface area contributed by atoms with E-state index in [0.717, 1.165) is 11.5 Å². The number of rotatable bonds is 4. The second-order valence-electron chi connectivity index (χ2n) is 4.42. The maximum atomic E-state index is 10.9. The van der Waals surface area contributed by atoms with Gasteiger partial charge >= 0.3 is 5.97 Å². The summed E-state index contributed by atoms with van der Waals surface area (Å²) in [4.78, 5) is 13.1. The summed E-state index contributed by atoms with van der Waals surface area (Å²) >= 11 is 1.97. The summed E-state index contributed by atoms with van der Waals surface area (Å²) in [6.45, 7) is 2.37. The number of aromatic carboxylic acids is 1. The number of carboxylic acid groups (broad SMARTS) is 1. The second kappa shape index (κ2) is 5.14. The molecule has 1 aliphatic rings. The lowest BCUT2D eigenvalue weighted by Crippen LogP contribution is -2.30. The van der Waals surface area contributed by atoms with Crippen molar-refractivity contribution >= 4 is 17.7 Å². The SMILES string of the molecule is Cc1oc(CN(C)C2CCSC2)cc1C(=O)O. The molecule has 0 aliphatic carbocycles. The van der Waals surface area contributed by atoms with Crippen LogP contribution in [0, 0.1) is 6.92 Å². The predicted molar refractivity (Wildman–Crippen MR) is 67.6 cm³/mol. The molecule has 1 saturated heterocycles. The fourth-order valence-electron chi connectivity index (χ4n) is 2.08. The fraction of sp³-hybridized carbons (Fsp3) is 0.583. The zero-order chi connectivity index (χ0) is 12.4. The summed E-state index contributed by atoms with van der Waals surface area (Å²) in [5.74, 6) is 2.67. The van der Waals surface area contributed by atoms with Gasteiger partial charge in [-0.15, -0.1) is 0 Å². The van der Waals surface area contributed by atoms with Gasteiger partial charge in [-0.05, 0) is 32.2 Å². The van der Waals surface area contributed by atoms with Gasteiger partial charge in [0.2, 0.25) is 0 Å². The molecule has 0 saturated carbocycles. The Hall–Kier alpha value is -0.940. The summed E-state index contributed by atoms with van der Waals surface area (Å²) in [7, 11) is 2.06. The molecule has 2 rings (SSSR count). The monoisotopic (exact) mass is 255 g/mol. The molecule has 2 heterocycles. The minimum Gasteiger partial charge on any atom is -0.478 e. The van der Waals surface area contributed by atoms with E-state index in [1.54, 1.807) is 13.0 Å². The Morgan fingerprint density at radius 3 is 3.00 bits per heavy atom. The summed E-state index contributed by atoms with van der Waals surface area (Å²) < 4.78 is 5.48. The Kier molecular flexibility index (Phi) is 3.79. The first-order valence-corrected chi connectivity index (χ1v) is 6.84. The molecule has 1 aliphatic heterocycles. The molecular weight excluding hydrogens is 238 g/mol. The van der Waals surface area contributed by atoms with Crippen molar-refractivity contribution in [2.75, 3.05) is 18.6 Å². The van der Waals surface area contributed by atoms with Crippen molar-refractivity contribution in [1.29, 1.82) is 0 Å². The van der Waals surface area contributed by atoms with E-state index in [1.807, 2.05) is 11.8 Å². The third kappa shape index (κ3) is 2.84. The minimum absolute atomic E-state index is 0.272. The summed E-state index contributed by atoms with van der Waals surface area (Å²) in [6.07, 6.45) is 1.20. The Bertz CT molecular complexity index is 410. The molecule has 17 heavy (non-hydrogen) atoms. The lowest BCUT2D eigenvalue weighted by Gasteiger charge is -2.21. The summed E-state index contributed by atoms with van der Waals surface area (Å²) in [5, 5.41) is 8.95. The standard InChI is InChI=1S/C12H17NO3S/c1-8-11(12(14)15)5-10(16-8)6-13(2)9-3-4-17-7-9/h5,9H,3-4,6-7H2,1-2H3,(H,14,15). The number of hydrogen-bond donors (Lipinski definition) is 1. The smallest absolute Gasteiger partial charge is 0.339 e. The highest BCUT2D eigenvalue weighted by molar-refractivity contribution is 7.99. The molecule has 5 heteroatoms. The number of aryl methyl sites for hydroxylation is 1. The van der Waals surface area contributed by atoms with Gasteiger partial charge in [0, 0.05) is 11.8 Å². The van der Waals surface area contributed by atoms with Gasteiger partial charge < -0.3 is 9.52 Å². The first-order chi connectivity index (χ1) is 8.08. The molecule has 1 fully saturated rings. The molecule has 1 aromatic heterocycles. The number of carbonyl (C=O) groups is 1. The van der Waals surface area contributed by atoms with Crippen LogP contribution < -0.4 is 0 Å². The molecule has 1 N–H and O–H groups in total. The molecule has 0 spiro atoms. The molecular formula is C12H17NO3S. The fourth-order valence-corrected chi connectivity index (χ4v) is 3.38. The van der Waals surface area contributed by atoms with Crippen LogP contribution >= 0.6 is 11.8 Å². The Balaban J connectivity index is 2.03. The van der Waals surface area contributed by atoms with Crippen molar-refractivity contribution in [2.45, 2.75) is 25.9 Å². The number of furan rings is 1. The Morgan fingerprint density at radius 1 is 1.71 bits per heavy atom. The molecule has 1 unspecified atom stereocenters. The maximum Gasteiger partial charge on any atom is 0.339 e. The van der Waals surface area contributed by atoms with Crippen LogP contribution in [0.2, 0.25) is 0 Å². The van der Waals surface area contributed by atoms with Crippen molar-refractivity contribution in [2.24, 2.45) is 0 Å². The second-order valence-corrected chi connectivity index (χ2v) is 5.57. The Morgan fingerprint density at radius 2 is 2.47 bits per heavy atom. The highest BCUT2D eigenvalue weighted by Crippen LogP contribution is 2.23. The van der Waals surface area contributed by atoms with Gasteiger partial charge in [-0.3, -0.25) is 4.90 Å². The van der Waals surface area contributed by atoms with Crippen molar-refractivity contribution in [1.82, 2.24) is 4.90 Å². The van der Waals surface area contributed by atoms with Crippen LogP contribution in [-0.2, 0) is 6.54 Å². The zero-order valence-electron chi connectivity index (χ0n) is 10.1. The summed E-state index contributed by atoms with van der Waals surface area (Å²) in [5.41, 5.74) is 0.272. The first kappa shape index (κ1) is 12.5. The molecule has 0 aromatic carbocycles. The van der Waals surface area contributed by atoms with E-state index in [1.165, 1.54) is 12.2 Å². The van der Waals surface area contributed by atoms with E-state index in [0.29, 0.717) is 18.3 Å². The number of thioether (sulfide) groups is 1. The van der Waals surface area contributed by atoms with Crippen LogP contribution in [0.3, 0.4) is 0 Å². The third-order valence-electron chi connectivity index (χ3n) is 3.13. The van der Waals surface area contributed by atoms with Gasteiger partial charge in [0.05, 0.1) is 6.54 Å². The normalized spacial score (nSPS) is 20.1. The van der Waals surface area contributed by atoms with Crippen molar-refractivity contribution < 1.29 is 14.3 Å². The van der Waals surface area contributed by atoms with Crippen LogP contribution in [0.1, 0.15) is 28.3 Å². The van der Waals surface area contributed by atoms with Crippen LogP contribution in [0.4, 0.5) is 0 Å². The lowest BCUT2D eigenvalue weighted by atomic mass is 10.2. The summed E-state index contributed by atoms with van der Waals surface area (Å²) in [6, 6.07) is 2.22. The van der Waals surface area contributed by atoms with Gasteiger partial charge in [0.15, 0.2) is 0 Å². The Labute approximate surface area is 105 Å². The third-order valence-corrected chi connectivity index (χ3v) is 4.28. The van der Waals surface area contributed by atoms with E-state index in [-0.39, 0.29) is 5.56 Å². The molecule has 1 aromatic rings. The molecule has 0 bridgehead atoms. The van der Waals surface area contributed by atoms with E-state index < -0.39 is 5.97 Å². The van der Waals surface area contributed by atoms with Crippen molar-refractivity contribution in [3.8, 4) is 0 Å². The predicted octanol–water partition coefficient (Wildman–Crippen LogP) is 2.22. The maximum absolute atomic E-state index is 10.9. The number of carboxylic acids is 1. The van der Waals surface area contributed by atoms with Gasteiger partial charge in [0.1, 0.15) is 17.1 Å². The average Bonchev–Trinajstić information content (AvgIpc) is 2.86. The van der Waals surface area contributed by atoms with Gasteiger partial charge in [0.25, 0.3) is 0 Å². The van der Waals surface area contributed by atoms with Gasteiger partial charge in [-0.25, -0.2) is 4.79 Å². The topological polar surface area (TPSA) is 53.7 Å². The van der Waals surface area contributed by atoms with Crippen LogP contribution in [0.15, 0.2) is 10.5 Å². The molecule has 0 amide bonds. The molecule has 4 nitrogen and oxygen atoms in total.